The van der Waals surface area contributed by atoms with Crippen LogP contribution in [0.1, 0.15) is 19.3 Å². The molecule has 7 nitrogen and oxygen atoms in total. The Morgan fingerprint density at radius 3 is 2.87 bits per heavy atom. The molecule has 0 spiro atoms. The molecule has 0 unspecified atom stereocenters. The van der Waals surface area contributed by atoms with E-state index in [1.165, 1.54) is 11.0 Å². The number of aryl methyl sites for hydroxylation is 1. The molecule has 0 aliphatic heterocycles. The van der Waals surface area contributed by atoms with Crippen molar-refractivity contribution in [1.29, 1.82) is 0 Å². The second-order valence-corrected chi connectivity index (χ2v) is 4.08. The van der Waals surface area contributed by atoms with Crippen LogP contribution in [0, 0.1) is 5.41 Å². The summed E-state index contributed by atoms with van der Waals surface area (Å²) >= 11 is 0. The van der Waals surface area contributed by atoms with Crippen molar-refractivity contribution in [1.82, 2.24) is 20.2 Å². The van der Waals surface area contributed by atoms with Crippen molar-refractivity contribution >= 4 is 5.97 Å². The number of hydrogen-bond acceptors (Lipinski definition) is 5. The smallest absolute Gasteiger partial charge is 0.309 e. The molecule has 0 amide bonds. The molecule has 2 rings (SSSR count). The summed E-state index contributed by atoms with van der Waals surface area (Å²) in [5, 5.41) is 19.8. The summed E-state index contributed by atoms with van der Waals surface area (Å²) in [5.41, 5.74) is 4.97. The van der Waals surface area contributed by atoms with Crippen molar-refractivity contribution in [3.05, 3.63) is 6.33 Å². The van der Waals surface area contributed by atoms with Crippen LogP contribution < -0.4 is 5.73 Å². The van der Waals surface area contributed by atoms with Crippen molar-refractivity contribution in [2.75, 3.05) is 0 Å². The van der Waals surface area contributed by atoms with E-state index in [2.05, 4.69) is 15.5 Å². The molecule has 1 aliphatic carbocycles. The normalized spacial score (nSPS) is 29.8. The summed E-state index contributed by atoms with van der Waals surface area (Å²) in [5.74, 6) is -0.766. The number of rotatable bonds is 4. The predicted octanol–water partition coefficient (Wildman–Crippen LogP) is -0.745. The SMILES string of the molecule is NC1CC(CCn2cnnn2)(C(=O)O)C1. The summed E-state index contributed by atoms with van der Waals surface area (Å²) in [4.78, 5) is 11.1. The Morgan fingerprint density at radius 2 is 2.40 bits per heavy atom. The zero-order valence-electron chi connectivity index (χ0n) is 8.20. The molecule has 1 aromatic rings. The van der Waals surface area contributed by atoms with Crippen LogP contribution in [-0.4, -0.2) is 37.3 Å². The highest BCUT2D eigenvalue weighted by molar-refractivity contribution is 5.76. The third-order valence-corrected chi connectivity index (χ3v) is 2.97. The van der Waals surface area contributed by atoms with Gasteiger partial charge in [0.15, 0.2) is 0 Å². The molecule has 7 heteroatoms. The van der Waals surface area contributed by atoms with Gasteiger partial charge in [-0.2, -0.15) is 0 Å². The second kappa shape index (κ2) is 3.58. The van der Waals surface area contributed by atoms with Gasteiger partial charge in [-0.25, -0.2) is 4.68 Å². The molecule has 1 heterocycles. The minimum Gasteiger partial charge on any atom is -0.481 e. The van der Waals surface area contributed by atoms with Crippen LogP contribution in [0.15, 0.2) is 6.33 Å². The Kier molecular flexibility index (Phi) is 2.39. The van der Waals surface area contributed by atoms with Gasteiger partial charge in [0.05, 0.1) is 5.41 Å². The van der Waals surface area contributed by atoms with Gasteiger partial charge in [0.1, 0.15) is 6.33 Å². The van der Waals surface area contributed by atoms with Crippen molar-refractivity contribution in [2.24, 2.45) is 11.1 Å². The van der Waals surface area contributed by atoms with Gasteiger partial charge in [-0.3, -0.25) is 4.79 Å². The summed E-state index contributed by atoms with van der Waals surface area (Å²) < 4.78 is 1.54. The van der Waals surface area contributed by atoms with Crippen molar-refractivity contribution in [3.8, 4) is 0 Å². The van der Waals surface area contributed by atoms with Gasteiger partial charge in [0.2, 0.25) is 0 Å². The number of carbonyl (C=O) groups is 1. The van der Waals surface area contributed by atoms with Gasteiger partial charge in [-0.05, 0) is 29.7 Å². The highest BCUT2D eigenvalue weighted by Gasteiger charge is 2.48. The average molecular weight is 211 g/mol. The molecule has 0 radical (unpaired) electrons. The fourth-order valence-electron chi connectivity index (χ4n) is 2.04. The first kappa shape index (κ1) is 10.0. The maximum Gasteiger partial charge on any atom is 0.309 e. The molecule has 1 aromatic heterocycles. The van der Waals surface area contributed by atoms with Crippen LogP contribution in [0.25, 0.3) is 0 Å². The Hall–Kier alpha value is -1.50. The third-order valence-electron chi connectivity index (χ3n) is 2.97. The molecule has 0 bridgehead atoms. The molecule has 82 valence electrons. The Balaban J connectivity index is 1.94. The molecular formula is C8H13N5O2. The minimum absolute atomic E-state index is 0.0231. The molecule has 0 saturated heterocycles. The minimum atomic E-state index is -0.766. The van der Waals surface area contributed by atoms with Crippen molar-refractivity contribution in [3.63, 3.8) is 0 Å². The first-order valence-electron chi connectivity index (χ1n) is 4.82. The number of tetrazole rings is 1. The number of carboxylic acids is 1. The van der Waals surface area contributed by atoms with E-state index in [0.717, 1.165) is 0 Å². The van der Waals surface area contributed by atoms with Gasteiger partial charge >= 0.3 is 5.97 Å². The first-order valence-corrected chi connectivity index (χ1v) is 4.82. The summed E-state index contributed by atoms with van der Waals surface area (Å²) in [6.07, 6.45) is 3.10. The summed E-state index contributed by atoms with van der Waals surface area (Å²) in [6.45, 7) is 0.520. The Bertz CT molecular complexity index is 344. The number of aromatic nitrogens is 4. The van der Waals surface area contributed by atoms with Gasteiger partial charge in [-0.1, -0.05) is 0 Å². The molecular weight excluding hydrogens is 198 g/mol. The lowest BCUT2D eigenvalue weighted by molar-refractivity contribution is -0.156. The Labute approximate surface area is 86.3 Å². The van der Waals surface area contributed by atoms with Crippen LogP contribution in [-0.2, 0) is 11.3 Å². The lowest BCUT2D eigenvalue weighted by Crippen LogP contribution is -2.51. The third kappa shape index (κ3) is 1.82. The van der Waals surface area contributed by atoms with Crippen molar-refractivity contribution in [2.45, 2.75) is 31.8 Å². The zero-order chi connectivity index (χ0) is 10.9. The molecule has 3 N–H and O–H groups in total. The zero-order valence-corrected chi connectivity index (χ0v) is 8.20. The summed E-state index contributed by atoms with van der Waals surface area (Å²) in [7, 11) is 0. The fourth-order valence-corrected chi connectivity index (χ4v) is 2.04. The van der Waals surface area contributed by atoms with E-state index in [0.29, 0.717) is 25.8 Å². The van der Waals surface area contributed by atoms with Crippen LogP contribution in [0.3, 0.4) is 0 Å². The molecule has 1 aliphatic rings. The quantitative estimate of drug-likeness (QED) is 0.679. The van der Waals surface area contributed by atoms with E-state index < -0.39 is 11.4 Å². The van der Waals surface area contributed by atoms with E-state index in [4.69, 9.17) is 10.8 Å². The monoisotopic (exact) mass is 211 g/mol. The lowest BCUT2D eigenvalue weighted by atomic mass is 9.64. The predicted molar refractivity (Wildman–Crippen MR) is 49.7 cm³/mol. The molecule has 1 fully saturated rings. The van der Waals surface area contributed by atoms with Gasteiger partial charge in [0, 0.05) is 12.6 Å². The standard InChI is InChI=1S/C8H13N5O2/c9-6-3-8(4-6,7(14)15)1-2-13-5-10-11-12-13/h5-6H,1-4,9H2,(H,14,15). The van der Waals surface area contributed by atoms with E-state index in [1.54, 1.807) is 0 Å². The maximum absolute atomic E-state index is 11.1. The fraction of sp³-hybridized carbons (Fsp3) is 0.750. The largest absolute Gasteiger partial charge is 0.481 e. The van der Waals surface area contributed by atoms with Gasteiger partial charge < -0.3 is 10.8 Å². The number of carboxylic acid groups (broad SMARTS) is 1. The lowest BCUT2D eigenvalue weighted by Gasteiger charge is -2.42. The van der Waals surface area contributed by atoms with E-state index in [9.17, 15) is 4.79 Å². The number of nitrogens with zero attached hydrogens (tertiary/aromatic N) is 4. The number of nitrogens with two attached hydrogens (primary N) is 1. The molecule has 0 aromatic carbocycles. The van der Waals surface area contributed by atoms with Crippen LogP contribution in [0.4, 0.5) is 0 Å². The van der Waals surface area contributed by atoms with E-state index in [1.807, 2.05) is 0 Å². The van der Waals surface area contributed by atoms with E-state index >= 15 is 0 Å². The molecule has 15 heavy (non-hydrogen) atoms. The maximum atomic E-state index is 11.1. The van der Waals surface area contributed by atoms with Crippen LogP contribution in [0.5, 0.6) is 0 Å². The summed E-state index contributed by atoms with van der Waals surface area (Å²) in [6, 6.07) is 0.0231. The Morgan fingerprint density at radius 1 is 1.67 bits per heavy atom. The topological polar surface area (TPSA) is 107 Å². The van der Waals surface area contributed by atoms with Gasteiger partial charge in [0.25, 0.3) is 0 Å². The highest BCUT2D eigenvalue weighted by atomic mass is 16.4. The molecule has 0 atom stereocenters. The number of aliphatic carboxylic acids is 1. The van der Waals surface area contributed by atoms with Crippen molar-refractivity contribution < 1.29 is 9.90 Å². The van der Waals surface area contributed by atoms with Gasteiger partial charge in [-0.15, -0.1) is 5.10 Å². The number of hydrogen-bond donors (Lipinski definition) is 2. The molecule has 1 saturated carbocycles. The van der Waals surface area contributed by atoms with Crippen LogP contribution >= 0.6 is 0 Å². The highest BCUT2D eigenvalue weighted by Crippen LogP contribution is 2.43. The van der Waals surface area contributed by atoms with E-state index in [-0.39, 0.29) is 6.04 Å². The van der Waals surface area contributed by atoms with Crippen LogP contribution in [0.2, 0.25) is 0 Å². The average Bonchev–Trinajstić information content (AvgIpc) is 2.62. The first-order chi connectivity index (χ1) is 7.12. The second-order valence-electron chi connectivity index (χ2n) is 4.08.